The molecule has 2 rings (SSSR count). The molecule has 22 heavy (non-hydrogen) atoms. The van der Waals surface area contributed by atoms with Crippen molar-refractivity contribution >= 4 is 17.5 Å². The van der Waals surface area contributed by atoms with Crippen LogP contribution in [0.4, 0.5) is 0 Å². The number of aromatic nitrogens is 3. The summed E-state index contributed by atoms with van der Waals surface area (Å²) < 4.78 is 6.61. The van der Waals surface area contributed by atoms with Gasteiger partial charge in [-0.25, -0.2) is 4.68 Å². The van der Waals surface area contributed by atoms with E-state index >= 15 is 0 Å². The number of carbonyl (C=O) groups is 1. The van der Waals surface area contributed by atoms with Gasteiger partial charge in [-0.3, -0.25) is 4.79 Å². The first-order valence-electron chi connectivity index (χ1n) is 6.97. The summed E-state index contributed by atoms with van der Waals surface area (Å²) in [6.45, 7) is 3.04. The fourth-order valence-corrected chi connectivity index (χ4v) is 2.29. The minimum Gasteiger partial charge on any atom is -0.385 e. The second kappa shape index (κ2) is 7.38. The Morgan fingerprint density at radius 3 is 2.91 bits per heavy atom. The third-order valence-corrected chi connectivity index (χ3v) is 3.57. The van der Waals surface area contributed by atoms with Gasteiger partial charge in [0.05, 0.1) is 11.4 Å². The molecule has 7 heteroatoms. The Morgan fingerprint density at radius 2 is 2.23 bits per heavy atom. The number of carbonyl (C=O) groups excluding carboxylic acids is 1. The van der Waals surface area contributed by atoms with Crippen LogP contribution in [0.15, 0.2) is 24.3 Å². The third kappa shape index (κ3) is 3.64. The lowest BCUT2D eigenvalue weighted by atomic mass is 10.2. The molecule has 0 aliphatic carbocycles. The zero-order chi connectivity index (χ0) is 16.1. The third-order valence-electron chi connectivity index (χ3n) is 3.34. The van der Waals surface area contributed by atoms with Gasteiger partial charge < -0.3 is 9.64 Å². The molecule has 0 unspecified atom stereocenters. The number of ether oxygens (including phenoxy) is 1. The summed E-state index contributed by atoms with van der Waals surface area (Å²) in [6, 6.07) is 7.26. The van der Waals surface area contributed by atoms with E-state index in [2.05, 4.69) is 10.3 Å². The molecule has 1 amide bonds. The standard InChI is InChI=1S/C15H19ClN4O2/c1-11-14(15(21)19(2)8-5-9-22-3)17-18-20(11)13-7-4-6-12(16)10-13/h4,6-7,10H,5,8-9H2,1-3H3. The van der Waals surface area contributed by atoms with Crippen LogP contribution in [0.2, 0.25) is 5.02 Å². The van der Waals surface area contributed by atoms with E-state index in [-0.39, 0.29) is 5.91 Å². The Balaban J connectivity index is 2.18. The smallest absolute Gasteiger partial charge is 0.276 e. The fraction of sp³-hybridized carbons (Fsp3) is 0.400. The summed E-state index contributed by atoms with van der Waals surface area (Å²) in [7, 11) is 3.39. The van der Waals surface area contributed by atoms with E-state index in [4.69, 9.17) is 16.3 Å². The van der Waals surface area contributed by atoms with Crippen LogP contribution in [0.3, 0.4) is 0 Å². The Hall–Kier alpha value is -1.92. The second-order valence-electron chi connectivity index (χ2n) is 4.99. The maximum atomic E-state index is 12.4. The van der Waals surface area contributed by atoms with Crippen molar-refractivity contribution in [2.75, 3.05) is 27.3 Å². The van der Waals surface area contributed by atoms with Crippen molar-refractivity contribution in [3.8, 4) is 5.69 Å². The number of amides is 1. The largest absolute Gasteiger partial charge is 0.385 e. The molecule has 0 saturated carbocycles. The average Bonchev–Trinajstić information content (AvgIpc) is 2.88. The predicted molar refractivity (Wildman–Crippen MR) is 84.6 cm³/mol. The van der Waals surface area contributed by atoms with Crippen molar-refractivity contribution in [1.29, 1.82) is 0 Å². The van der Waals surface area contributed by atoms with Crippen LogP contribution in [0.5, 0.6) is 0 Å². The highest BCUT2D eigenvalue weighted by molar-refractivity contribution is 6.30. The highest BCUT2D eigenvalue weighted by atomic mass is 35.5. The molecule has 0 saturated heterocycles. The maximum Gasteiger partial charge on any atom is 0.276 e. The molecule has 1 heterocycles. The molecule has 118 valence electrons. The van der Waals surface area contributed by atoms with Gasteiger partial charge in [0, 0.05) is 32.3 Å². The molecular formula is C15H19ClN4O2. The van der Waals surface area contributed by atoms with Crippen molar-refractivity contribution in [3.05, 3.63) is 40.7 Å². The number of benzene rings is 1. The van der Waals surface area contributed by atoms with Gasteiger partial charge in [0.15, 0.2) is 5.69 Å². The molecule has 0 atom stereocenters. The molecule has 0 N–H and O–H groups in total. The highest BCUT2D eigenvalue weighted by Crippen LogP contribution is 2.17. The normalized spacial score (nSPS) is 10.7. The summed E-state index contributed by atoms with van der Waals surface area (Å²) >= 11 is 5.99. The number of methoxy groups -OCH3 is 1. The number of rotatable bonds is 6. The lowest BCUT2D eigenvalue weighted by Crippen LogP contribution is -2.29. The quantitative estimate of drug-likeness (QED) is 0.766. The van der Waals surface area contributed by atoms with E-state index in [0.29, 0.717) is 29.6 Å². The van der Waals surface area contributed by atoms with Gasteiger partial charge in [-0.15, -0.1) is 5.10 Å². The van der Waals surface area contributed by atoms with Gasteiger partial charge in [0.2, 0.25) is 0 Å². The van der Waals surface area contributed by atoms with Crippen molar-refractivity contribution in [3.63, 3.8) is 0 Å². The summed E-state index contributed by atoms with van der Waals surface area (Å²) in [6.07, 6.45) is 0.778. The first kappa shape index (κ1) is 16.5. The monoisotopic (exact) mass is 322 g/mol. The Kier molecular flexibility index (Phi) is 5.51. The molecule has 6 nitrogen and oxygen atoms in total. The Morgan fingerprint density at radius 1 is 1.45 bits per heavy atom. The molecule has 0 bridgehead atoms. The highest BCUT2D eigenvalue weighted by Gasteiger charge is 2.20. The molecule has 1 aromatic heterocycles. The molecule has 0 fully saturated rings. The molecule has 0 radical (unpaired) electrons. The number of hydrogen-bond acceptors (Lipinski definition) is 4. The topological polar surface area (TPSA) is 60.2 Å². The van der Waals surface area contributed by atoms with E-state index in [1.165, 1.54) is 0 Å². The molecule has 0 aliphatic heterocycles. The first-order valence-corrected chi connectivity index (χ1v) is 7.35. The van der Waals surface area contributed by atoms with Crippen molar-refractivity contribution in [2.45, 2.75) is 13.3 Å². The van der Waals surface area contributed by atoms with E-state index in [0.717, 1.165) is 12.1 Å². The fourth-order valence-electron chi connectivity index (χ4n) is 2.11. The van der Waals surface area contributed by atoms with Gasteiger partial charge in [-0.1, -0.05) is 22.9 Å². The SMILES string of the molecule is COCCCN(C)C(=O)c1nnn(-c2cccc(Cl)c2)c1C. The average molecular weight is 323 g/mol. The predicted octanol–water partition coefficient (Wildman–Crippen LogP) is 2.34. The van der Waals surface area contributed by atoms with E-state index in [1.54, 1.807) is 35.9 Å². The lowest BCUT2D eigenvalue weighted by molar-refractivity contribution is 0.0773. The van der Waals surface area contributed by atoms with Gasteiger partial charge >= 0.3 is 0 Å². The Bertz CT molecular complexity index is 657. The van der Waals surface area contributed by atoms with Crippen LogP contribution in [-0.4, -0.2) is 53.1 Å². The number of hydrogen-bond donors (Lipinski definition) is 0. The zero-order valence-electron chi connectivity index (χ0n) is 12.9. The van der Waals surface area contributed by atoms with Crippen molar-refractivity contribution < 1.29 is 9.53 Å². The minimum absolute atomic E-state index is 0.151. The molecular weight excluding hydrogens is 304 g/mol. The van der Waals surface area contributed by atoms with Gasteiger partial charge in [0.1, 0.15) is 0 Å². The van der Waals surface area contributed by atoms with Crippen molar-refractivity contribution in [2.24, 2.45) is 0 Å². The molecule has 0 aliphatic rings. The molecule has 2 aromatic rings. The van der Waals surface area contributed by atoms with Crippen molar-refractivity contribution in [1.82, 2.24) is 19.9 Å². The van der Waals surface area contributed by atoms with Crippen LogP contribution in [0.25, 0.3) is 5.69 Å². The van der Waals surface area contributed by atoms with Crippen LogP contribution in [-0.2, 0) is 4.74 Å². The molecule has 1 aromatic carbocycles. The van der Waals surface area contributed by atoms with E-state index < -0.39 is 0 Å². The van der Waals surface area contributed by atoms with E-state index in [9.17, 15) is 4.79 Å². The minimum atomic E-state index is -0.151. The summed E-state index contributed by atoms with van der Waals surface area (Å²) in [4.78, 5) is 14.0. The van der Waals surface area contributed by atoms with Crippen LogP contribution >= 0.6 is 11.6 Å². The molecule has 0 spiro atoms. The van der Waals surface area contributed by atoms with Gasteiger partial charge in [-0.2, -0.15) is 0 Å². The zero-order valence-corrected chi connectivity index (χ0v) is 13.7. The van der Waals surface area contributed by atoms with Crippen LogP contribution < -0.4 is 0 Å². The van der Waals surface area contributed by atoms with Crippen LogP contribution in [0, 0.1) is 6.92 Å². The summed E-state index contributed by atoms with van der Waals surface area (Å²) in [5.74, 6) is -0.151. The summed E-state index contributed by atoms with van der Waals surface area (Å²) in [5.41, 5.74) is 1.81. The van der Waals surface area contributed by atoms with Crippen LogP contribution in [0.1, 0.15) is 22.6 Å². The second-order valence-corrected chi connectivity index (χ2v) is 5.42. The van der Waals surface area contributed by atoms with Gasteiger partial charge in [-0.05, 0) is 31.5 Å². The van der Waals surface area contributed by atoms with E-state index in [1.807, 2.05) is 19.1 Å². The summed E-state index contributed by atoms with van der Waals surface area (Å²) in [5, 5.41) is 8.69. The first-order chi connectivity index (χ1) is 10.5. The lowest BCUT2D eigenvalue weighted by Gasteiger charge is -2.15. The number of halogens is 1. The number of nitrogens with zero attached hydrogens (tertiary/aromatic N) is 4. The van der Waals surface area contributed by atoms with Gasteiger partial charge in [0.25, 0.3) is 5.91 Å². The maximum absolute atomic E-state index is 12.4. The Labute approximate surface area is 134 Å².